The summed E-state index contributed by atoms with van der Waals surface area (Å²) < 4.78 is 5.20. The van der Waals surface area contributed by atoms with Gasteiger partial charge in [0.05, 0.1) is 13.5 Å². The number of nitrogens with zero attached hydrogens (tertiary/aromatic N) is 4. The number of aryl methyl sites for hydroxylation is 2. The Morgan fingerprint density at radius 2 is 1.75 bits per heavy atom. The molecule has 4 heterocycles. The first-order valence-electron chi connectivity index (χ1n) is 18.5. The number of ether oxygens (including phenoxy) is 1. The van der Waals surface area contributed by atoms with E-state index >= 15 is 0 Å². The standard InChI is InChI=1S/C40H49Cl2N5O5/c1-52-39(51)23-32(26-45-13-11-27(25-45)7-9-35-10-8-28-4-3-12-43-40(28)44-35)30-18-29(31-19-33(41)24-34(42)20-31)21-36(22-30)46-14-16-47(17-15-46)37(48)5-2-6-38(49)50/h8,10,18-22,24,27,32H,2-7,9,11-17,23,25-26H2,1H3,(H,43,44)(H,49,50)/t27-,32-/m1/s1. The highest BCUT2D eigenvalue weighted by atomic mass is 35.5. The first kappa shape index (κ1) is 37.9. The molecule has 3 aliphatic heterocycles. The Morgan fingerprint density at radius 1 is 0.981 bits per heavy atom. The molecule has 0 unspecified atom stereocenters. The van der Waals surface area contributed by atoms with Gasteiger partial charge in [0, 0.05) is 86.0 Å². The summed E-state index contributed by atoms with van der Waals surface area (Å²) in [4.78, 5) is 48.1. The smallest absolute Gasteiger partial charge is 0.306 e. The van der Waals surface area contributed by atoms with Crippen LogP contribution in [-0.4, -0.2) is 97.2 Å². The third-order valence-electron chi connectivity index (χ3n) is 10.6. The summed E-state index contributed by atoms with van der Waals surface area (Å²) in [6.45, 7) is 6.02. The number of pyridine rings is 1. The van der Waals surface area contributed by atoms with E-state index in [-0.39, 0.29) is 37.1 Å². The van der Waals surface area contributed by atoms with Crippen LogP contribution in [0.2, 0.25) is 10.0 Å². The van der Waals surface area contributed by atoms with Crippen molar-refractivity contribution in [3.63, 3.8) is 0 Å². The Labute approximate surface area is 316 Å². The maximum atomic E-state index is 12.9. The van der Waals surface area contributed by atoms with Crippen molar-refractivity contribution in [3.8, 4) is 11.1 Å². The molecule has 3 aromatic rings. The van der Waals surface area contributed by atoms with E-state index in [1.807, 2.05) is 17.0 Å². The number of hydrogen-bond donors (Lipinski definition) is 2. The van der Waals surface area contributed by atoms with E-state index in [9.17, 15) is 14.4 Å². The monoisotopic (exact) mass is 749 g/mol. The molecule has 6 rings (SSSR count). The molecule has 10 nitrogen and oxygen atoms in total. The molecule has 2 aromatic carbocycles. The van der Waals surface area contributed by atoms with Gasteiger partial charge in [-0.2, -0.15) is 0 Å². The molecular formula is C40H49Cl2N5O5. The average molecular weight is 751 g/mol. The Bertz CT molecular complexity index is 1730. The van der Waals surface area contributed by atoms with Crippen molar-refractivity contribution in [2.45, 2.75) is 63.7 Å². The van der Waals surface area contributed by atoms with Crippen LogP contribution in [-0.2, 0) is 32.0 Å². The Hall–Kier alpha value is -3.86. The number of methoxy groups -OCH3 is 1. The van der Waals surface area contributed by atoms with E-state index in [0.29, 0.717) is 48.6 Å². The Kier molecular flexibility index (Phi) is 12.9. The van der Waals surface area contributed by atoms with Gasteiger partial charge < -0.3 is 29.9 Å². The molecular weight excluding hydrogens is 701 g/mol. The van der Waals surface area contributed by atoms with Gasteiger partial charge in [-0.3, -0.25) is 14.4 Å². The highest BCUT2D eigenvalue weighted by Crippen LogP contribution is 2.36. The highest BCUT2D eigenvalue weighted by molar-refractivity contribution is 6.35. The fourth-order valence-electron chi connectivity index (χ4n) is 7.76. The van der Waals surface area contributed by atoms with Crippen molar-refractivity contribution in [1.29, 1.82) is 0 Å². The SMILES string of the molecule is COC(=O)C[C@H](CN1CC[C@@H](CCc2ccc3c(n2)NCCC3)C1)c1cc(-c2cc(Cl)cc(Cl)c2)cc(N2CCN(C(=O)CCCC(=O)O)CC2)c1. The molecule has 278 valence electrons. The molecule has 2 saturated heterocycles. The summed E-state index contributed by atoms with van der Waals surface area (Å²) in [6.07, 6.45) is 6.20. The molecule has 2 N–H and O–H groups in total. The van der Waals surface area contributed by atoms with Crippen molar-refractivity contribution >= 4 is 52.6 Å². The molecule has 3 aliphatic rings. The number of fused-ring (bicyclic) bond motifs is 1. The number of benzene rings is 2. The highest BCUT2D eigenvalue weighted by Gasteiger charge is 2.29. The number of rotatable bonds is 14. The first-order chi connectivity index (χ1) is 25.1. The summed E-state index contributed by atoms with van der Waals surface area (Å²) >= 11 is 12.9. The zero-order chi connectivity index (χ0) is 36.6. The molecule has 1 amide bonds. The molecule has 0 aliphatic carbocycles. The van der Waals surface area contributed by atoms with Gasteiger partial charge in [-0.15, -0.1) is 0 Å². The summed E-state index contributed by atoms with van der Waals surface area (Å²) in [5.74, 6) is 0.351. The third kappa shape index (κ3) is 10.2. The number of nitrogens with one attached hydrogen (secondary N) is 1. The molecule has 0 radical (unpaired) electrons. The number of carboxylic acids is 1. The fraction of sp³-hybridized carbons (Fsp3) is 0.500. The third-order valence-corrected chi connectivity index (χ3v) is 11.1. The van der Waals surface area contributed by atoms with E-state index in [1.54, 1.807) is 6.07 Å². The second kappa shape index (κ2) is 17.8. The average Bonchev–Trinajstić information content (AvgIpc) is 3.60. The number of likely N-dealkylation sites (tertiary alicyclic amines) is 1. The van der Waals surface area contributed by atoms with Crippen LogP contribution in [0.3, 0.4) is 0 Å². The van der Waals surface area contributed by atoms with E-state index in [1.165, 1.54) is 12.7 Å². The van der Waals surface area contributed by atoms with Crippen LogP contribution < -0.4 is 10.2 Å². The van der Waals surface area contributed by atoms with Crippen molar-refractivity contribution < 1.29 is 24.2 Å². The largest absolute Gasteiger partial charge is 0.481 e. The zero-order valence-electron chi connectivity index (χ0n) is 29.9. The van der Waals surface area contributed by atoms with Crippen molar-refractivity contribution in [2.24, 2.45) is 5.92 Å². The van der Waals surface area contributed by atoms with E-state index in [2.05, 4.69) is 45.4 Å². The van der Waals surface area contributed by atoms with Gasteiger partial charge in [-0.05, 0) is 110 Å². The minimum Gasteiger partial charge on any atom is -0.481 e. The Balaban J connectivity index is 1.18. The molecule has 52 heavy (non-hydrogen) atoms. The second-order valence-corrected chi connectivity index (χ2v) is 15.2. The molecule has 0 bridgehead atoms. The number of esters is 1. The molecule has 0 saturated carbocycles. The van der Waals surface area contributed by atoms with Gasteiger partial charge >= 0.3 is 11.9 Å². The van der Waals surface area contributed by atoms with E-state index < -0.39 is 5.97 Å². The minimum atomic E-state index is -0.888. The molecule has 1 aromatic heterocycles. The van der Waals surface area contributed by atoms with Crippen molar-refractivity contribution in [2.75, 3.05) is 69.7 Å². The fourth-order valence-corrected chi connectivity index (χ4v) is 8.29. The van der Waals surface area contributed by atoms with Gasteiger partial charge in [0.15, 0.2) is 0 Å². The van der Waals surface area contributed by atoms with Gasteiger partial charge in [0.2, 0.25) is 5.91 Å². The molecule has 2 fully saturated rings. The summed E-state index contributed by atoms with van der Waals surface area (Å²) in [6, 6.07) is 16.4. The second-order valence-electron chi connectivity index (χ2n) is 14.4. The number of anilines is 2. The number of carbonyl (C=O) groups is 3. The molecule has 12 heteroatoms. The van der Waals surface area contributed by atoms with Gasteiger partial charge in [-0.25, -0.2) is 4.98 Å². The summed E-state index contributed by atoms with van der Waals surface area (Å²) in [7, 11) is 1.44. The van der Waals surface area contributed by atoms with Gasteiger partial charge in [0.1, 0.15) is 5.82 Å². The van der Waals surface area contributed by atoms with Crippen LogP contribution in [0.15, 0.2) is 48.5 Å². The van der Waals surface area contributed by atoms with Gasteiger partial charge in [-0.1, -0.05) is 35.3 Å². The van der Waals surface area contributed by atoms with Gasteiger partial charge in [0.25, 0.3) is 0 Å². The predicted molar refractivity (Wildman–Crippen MR) is 205 cm³/mol. The lowest BCUT2D eigenvalue weighted by Crippen LogP contribution is -2.48. The number of carbonyl (C=O) groups excluding carboxylic acids is 2. The quantitative estimate of drug-likeness (QED) is 0.170. The maximum absolute atomic E-state index is 12.9. The van der Waals surface area contributed by atoms with Crippen LogP contribution >= 0.6 is 23.2 Å². The normalized spacial score (nSPS) is 18.1. The summed E-state index contributed by atoms with van der Waals surface area (Å²) in [5, 5.41) is 13.5. The van der Waals surface area contributed by atoms with Crippen molar-refractivity contribution in [3.05, 3.63) is 75.4 Å². The number of halogens is 2. The topological polar surface area (TPSA) is 115 Å². The number of aromatic nitrogens is 1. The lowest BCUT2D eigenvalue weighted by Gasteiger charge is -2.37. The van der Waals surface area contributed by atoms with E-state index in [0.717, 1.165) is 92.2 Å². The van der Waals surface area contributed by atoms with Crippen LogP contribution in [0.25, 0.3) is 11.1 Å². The zero-order valence-corrected chi connectivity index (χ0v) is 31.4. The number of piperazine rings is 1. The lowest BCUT2D eigenvalue weighted by molar-refractivity contribution is -0.141. The van der Waals surface area contributed by atoms with Crippen molar-refractivity contribution in [1.82, 2.24) is 14.8 Å². The number of carboxylic acid groups (broad SMARTS) is 1. The maximum Gasteiger partial charge on any atom is 0.306 e. The summed E-state index contributed by atoms with van der Waals surface area (Å²) in [5.41, 5.74) is 6.33. The van der Waals surface area contributed by atoms with Crippen LogP contribution in [0, 0.1) is 5.92 Å². The predicted octanol–water partition coefficient (Wildman–Crippen LogP) is 6.92. The Morgan fingerprint density at radius 3 is 2.50 bits per heavy atom. The minimum absolute atomic E-state index is 0.00976. The molecule has 0 spiro atoms. The van der Waals surface area contributed by atoms with Crippen LogP contribution in [0.4, 0.5) is 11.5 Å². The number of hydrogen-bond acceptors (Lipinski definition) is 8. The first-order valence-corrected chi connectivity index (χ1v) is 19.3. The number of amides is 1. The van der Waals surface area contributed by atoms with Crippen LogP contribution in [0.5, 0.6) is 0 Å². The van der Waals surface area contributed by atoms with E-state index in [4.69, 9.17) is 38.0 Å². The lowest BCUT2D eigenvalue weighted by atomic mass is 9.91. The van der Waals surface area contributed by atoms with Crippen LogP contribution in [0.1, 0.15) is 67.7 Å². The molecule has 2 atom stereocenters. The number of aliphatic carboxylic acids is 1.